The highest BCUT2D eigenvalue weighted by Crippen LogP contribution is 2.11. The van der Waals surface area contributed by atoms with E-state index in [1.807, 2.05) is 37.3 Å². The van der Waals surface area contributed by atoms with E-state index in [4.69, 9.17) is 4.74 Å². The standard InChI is InChI=1S/C14H14N4O3/c1-2-18-12-11(13(19)17-14(18)20)15-10(16-12)8-21-9-6-4-3-5-7-9/h3-7H,2,8H2,1H3,(H,15,16)(H,17,19,20). The van der Waals surface area contributed by atoms with Crippen molar-refractivity contribution in [1.29, 1.82) is 0 Å². The molecule has 0 aliphatic carbocycles. The lowest BCUT2D eigenvalue weighted by atomic mass is 10.3. The Morgan fingerprint density at radius 1 is 1.19 bits per heavy atom. The molecule has 0 radical (unpaired) electrons. The van der Waals surface area contributed by atoms with E-state index in [0.29, 0.717) is 23.8 Å². The Bertz CT molecular complexity index is 877. The van der Waals surface area contributed by atoms with Crippen LogP contribution in [0, 0.1) is 0 Å². The highest BCUT2D eigenvalue weighted by Gasteiger charge is 2.12. The molecule has 0 atom stereocenters. The summed E-state index contributed by atoms with van der Waals surface area (Å²) in [6.45, 7) is 2.43. The van der Waals surface area contributed by atoms with Gasteiger partial charge in [0.15, 0.2) is 5.65 Å². The van der Waals surface area contributed by atoms with Gasteiger partial charge in [0.2, 0.25) is 0 Å². The first-order valence-corrected chi connectivity index (χ1v) is 6.58. The second-order valence-corrected chi connectivity index (χ2v) is 4.49. The number of para-hydroxylation sites is 1. The third kappa shape index (κ3) is 2.45. The summed E-state index contributed by atoms with van der Waals surface area (Å²) in [6, 6.07) is 9.29. The molecule has 7 nitrogen and oxygen atoms in total. The van der Waals surface area contributed by atoms with Crippen LogP contribution in [-0.2, 0) is 13.2 Å². The Hall–Kier alpha value is -2.83. The van der Waals surface area contributed by atoms with Gasteiger partial charge in [0, 0.05) is 6.54 Å². The summed E-state index contributed by atoms with van der Waals surface area (Å²) >= 11 is 0. The second-order valence-electron chi connectivity index (χ2n) is 4.49. The minimum absolute atomic E-state index is 0.191. The zero-order valence-electron chi connectivity index (χ0n) is 11.4. The van der Waals surface area contributed by atoms with Crippen molar-refractivity contribution in [2.75, 3.05) is 0 Å². The molecular weight excluding hydrogens is 272 g/mol. The summed E-state index contributed by atoms with van der Waals surface area (Å²) in [5.41, 5.74) is -0.309. The van der Waals surface area contributed by atoms with Gasteiger partial charge in [0.05, 0.1) is 0 Å². The minimum atomic E-state index is -0.474. The molecular formula is C14H14N4O3. The number of nitrogens with zero attached hydrogens (tertiary/aromatic N) is 2. The first-order chi connectivity index (χ1) is 10.2. The third-order valence-corrected chi connectivity index (χ3v) is 3.12. The molecule has 0 unspecified atom stereocenters. The van der Waals surface area contributed by atoms with E-state index in [1.165, 1.54) is 4.57 Å². The molecule has 0 bridgehead atoms. The Labute approximate surface area is 119 Å². The molecule has 3 aromatic rings. The van der Waals surface area contributed by atoms with Gasteiger partial charge in [-0.05, 0) is 19.1 Å². The fourth-order valence-corrected chi connectivity index (χ4v) is 2.12. The number of rotatable bonds is 4. The molecule has 21 heavy (non-hydrogen) atoms. The summed E-state index contributed by atoms with van der Waals surface area (Å²) in [4.78, 5) is 32.9. The van der Waals surface area contributed by atoms with Gasteiger partial charge in [-0.25, -0.2) is 9.78 Å². The SMILES string of the molecule is CCn1c(=O)[nH]c(=O)c2[nH]c(COc3ccccc3)nc21. The summed E-state index contributed by atoms with van der Waals surface area (Å²) in [6.07, 6.45) is 0. The molecule has 2 aromatic heterocycles. The fourth-order valence-electron chi connectivity index (χ4n) is 2.12. The van der Waals surface area contributed by atoms with Crippen molar-refractivity contribution >= 4 is 11.2 Å². The maximum absolute atomic E-state index is 11.8. The molecule has 7 heteroatoms. The van der Waals surface area contributed by atoms with Gasteiger partial charge >= 0.3 is 5.69 Å². The van der Waals surface area contributed by atoms with Gasteiger partial charge in [-0.3, -0.25) is 14.3 Å². The molecule has 2 N–H and O–H groups in total. The predicted molar refractivity (Wildman–Crippen MR) is 77.4 cm³/mol. The van der Waals surface area contributed by atoms with Crippen molar-refractivity contribution in [1.82, 2.24) is 19.5 Å². The van der Waals surface area contributed by atoms with Crippen molar-refractivity contribution in [3.05, 3.63) is 57.0 Å². The lowest BCUT2D eigenvalue weighted by Gasteiger charge is -2.02. The second kappa shape index (κ2) is 5.28. The van der Waals surface area contributed by atoms with E-state index in [0.717, 1.165) is 0 Å². The molecule has 0 fully saturated rings. The van der Waals surface area contributed by atoms with Crippen LogP contribution in [0.5, 0.6) is 5.75 Å². The number of fused-ring (bicyclic) bond motifs is 1. The van der Waals surface area contributed by atoms with Gasteiger partial charge in [-0.15, -0.1) is 0 Å². The molecule has 0 aliphatic rings. The summed E-state index contributed by atoms with van der Waals surface area (Å²) in [5, 5.41) is 0. The zero-order valence-corrected chi connectivity index (χ0v) is 11.4. The number of imidazole rings is 1. The highest BCUT2D eigenvalue weighted by atomic mass is 16.5. The van der Waals surface area contributed by atoms with Crippen LogP contribution in [0.4, 0.5) is 0 Å². The van der Waals surface area contributed by atoms with Crippen LogP contribution < -0.4 is 16.0 Å². The van der Waals surface area contributed by atoms with Gasteiger partial charge in [-0.1, -0.05) is 18.2 Å². The van der Waals surface area contributed by atoms with Crippen LogP contribution in [0.15, 0.2) is 39.9 Å². The number of aromatic amines is 2. The molecule has 108 valence electrons. The number of nitrogens with one attached hydrogen (secondary N) is 2. The lowest BCUT2D eigenvalue weighted by Crippen LogP contribution is -2.29. The molecule has 0 spiro atoms. The van der Waals surface area contributed by atoms with Crippen molar-refractivity contribution in [2.45, 2.75) is 20.1 Å². The van der Waals surface area contributed by atoms with Crippen molar-refractivity contribution < 1.29 is 4.74 Å². The average Bonchev–Trinajstić information content (AvgIpc) is 2.91. The number of H-pyrrole nitrogens is 2. The number of aryl methyl sites for hydroxylation is 1. The monoisotopic (exact) mass is 286 g/mol. The first-order valence-electron chi connectivity index (χ1n) is 6.58. The lowest BCUT2D eigenvalue weighted by molar-refractivity contribution is 0.297. The quantitative estimate of drug-likeness (QED) is 0.748. The zero-order chi connectivity index (χ0) is 14.8. The fraction of sp³-hybridized carbons (Fsp3) is 0.214. The maximum atomic E-state index is 11.8. The maximum Gasteiger partial charge on any atom is 0.330 e. The van der Waals surface area contributed by atoms with Crippen LogP contribution in [0.1, 0.15) is 12.7 Å². The van der Waals surface area contributed by atoms with Crippen molar-refractivity contribution in [3.63, 3.8) is 0 Å². The summed E-state index contributed by atoms with van der Waals surface area (Å²) in [7, 11) is 0. The van der Waals surface area contributed by atoms with Gasteiger partial charge in [0.1, 0.15) is 23.7 Å². The van der Waals surface area contributed by atoms with E-state index in [-0.39, 0.29) is 12.1 Å². The largest absolute Gasteiger partial charge is 0.486 e. The molecule has 0 amide bonds. The average molecular weight is 286 g/mol. The molecule has 0 saturated heterocycles. The van der Waals surface area contributed by atoms with Crippen LogP contribution in [0.2, 0.25) is 0 Å². The van der Waals surface area contributed by atoms with Crippen LogP contribution in [0.3, 0.4) is 0 Å². The van der Waals surface area contributed by atoms with Gasteiger partial charge in [-0.2, -0.15) is 0 Å². The molecule has 2 heterocycles. The van der Waals surface area contributed by atoms with Crippen molar-refractivity contribution in [3.8, 4) is 5.75 Å². The number of benzene rings is 1. The van der Waals surface area contributed by atoms with E-state index >= 15 is 0 Å². The molecule has 0 saturated carbocycles. The number of aromatic nitrogens is 4. The van der Waals surface area contributed by atoms with Crippen LogP contribution >= 0.6 is 0 Å². The molecule has 0 aliphatic heterocycles. The highest BCUT2D eigenvalue weighted by molar-refractivity contribution is 5.69. The van der Waals surface area contributed by atoms with E-state index in [1.54, 1.807) is 0 Å². The minimum Gasteiger partial charge on any atom is -0.486 e. The number of ether oxygens (including phenoxy) is 1. The molecule has 3 rings (SSSR count). The van der Waals surface area contributed by atoms with Crippen LogP contribution in [0.25, 0.3) is 11.2 Å². The molecule has 1 aromatic carbocycles. The van der Waals surface area contributed by atoms with Crippen molar-refractivity contribution in [2.24, 2.45) is 0 Å². The number of hydrogen-bond acceptors (Lipinski definition) is 4. The first kappa shape index (κ1) is 13.2. The summed E-state index contributed by atoms with van der Waals surface area (Å²) in [5.74, 6) is 1.20. The van der Waals surface area contributed by atoms with Gasteiger partial charge in [0.25, 0.3) is 5.56 Å². The third-order valence-electron chi connectivity index (χ3n) is 3.12. The Kier molecular flexibility index (Phi) is 3.31. The van der Waals surface area contributed by atoms with Gasteiger partial charge < -0.3 is 9.72 Å². The number of hydrogen-bond donors (Lipinski definition) is 2. The van der Waals surface area contributed by atoms with E-state index in [9.17, 15) is 9.59 Å². The topological polar surface area (TPSA) is 92.8 Å². The Balaban J connectivity index is 1.96. The van der Waals surface area contributed by atoms with Crippen LogP contribution in [-0.4, -0.2) is 19.5 Å². The summed E-state index contributed by atoms with van der Waals surface area (Å²) < 4.78 is 6.97. The normalized spacial score (nSPS) is 10.9. The Morgan fingerprint density at radius 3 is 2.67 bits per heavy atom. The Morgan fingerprint density at radius 2 is 1.95 bits per heavy atom. The van der Waals surface area contributed by atoms with E-state index < -0.39 is 11.2 Å². The van der Waals surface area contributed by atoms with E-state index in [2.05, 4.69) is 15.0 Å². The predicted octanol–water partition coefficient (Wildman–Crippen LogP) is 1.01. The smallest absolute Gasteiger partial charge is 0.330 e.